The van der Waals surface area contributed by atoms with Gasteiger partial charge in [-0.2, -0.15) is 5.26 Å². The molecule has 0 spiro atoms. The van der Waals surface area contributed by atoms with E-state index in [0.717, 1.165) is 0 Å². The summed E-state index contributed by atoms with van der Waals surface area (Å²) in [5, 5.41) is 12.3. The summed E-state index contributed by atoms with van der Waals surface area (Å²) in [6.45, 7) is 3.13. The third-order valence-corrected chi connectivity index (χ3v) is 4.90. The van der Waals surface area contributed by atoms with Crippen molar-refractivity contribution < 1.29 is 23.8 Å². The summed E-state index contributed by atoms with van der Waals surface area (Å²) < 4.78 is 15.6. The molecule has 0 bridgehead atoms. The van der Waals surface area contributed by atoms with Gasteiger partial charge < -0.3 is 19.5 Å². The first-order valence-corrected chi connectivity index (χ1v) is 10.3. The maximum atomic E-state index is 12.4. The number of nitrogens with zero attached hydrogens (tertiary/aromatic N) is 1. The van der Waals surface area contributed by atoms with Crippen molar-refractivity contribution >= 4 is 41.2 Å². The average molecular weight is 477 g/mol. The van der Waals surface area contributed by atoms with Crippen molar-refractivity contribution in [1.29, 1.82) is 5.26 Å². The van der Waals surface area contributed by atoms with Gasteiger partial charge in [0, 0.05) is 16.1 Å². The summed E-state index contributed by atoms with van der Waals surface area (Å²) in [4.78, 5) is 24.5. The van der Waals surface area contributed by atoms with E-state index in [0.29, 0.717) is 32.7 Å². The van der Waals surface area contributed by atoms with E-state index in [-0.39, 0.29) is 6.61 Å². The minimum Gasteiger partial charge on any atom is -0.493 e. The van der Waals surface area contributed by atoms with Crippen LogP contribution in [0.5, 0.6) is 11.5 Å². The van der Waals surface area contributed by atoms with E-state index in [1.165, 1.54) is 26.2 Å². The predicted octanol–water partition coefficient (Wildman–Crippen LogP) is 4.73. The SMILES string of the molecule is COc1cc(/C=C/C(=O)OC(C)C(=O)NC(C)c2ccc(Cl)cc2Cl)ccc1OCC#N. The highest BCUT2D eigenvalue weighted by Gasteiger charge is 2.20. The molecule has 0 saturated heterocycles. The number of carbonyl (C=O) groups excluding carboxylic acids is 2. The summed E-state index contributed by atoms with van der Waals surface area (Å²) in [5.41, 5.74) is 1.34. The highest BCUT2D eigenvalue weighted by atomic mass is 35.5. The molecular formula is C23H22Cl2N2O5. The molecule has 7 nitrogen and oxygen atoms in total. The van der Waals surface area contributed by atoms with Gasteiger partial charge in [0.1, 0.15) is 6.07 Å². The van der Waals surface area contributed by atoms with E-state index in [9.17, 15) is 9.59 Å². The number of nitriles is 1. The van der Waals surface area contributed by atoms with Crippen molar-refractivity contribution in [2.45, 2.75) is 26.0 Å². The second-order valence-corrected chi connectivity index (χ2v) is 7.51. The summed E-state index contributed by atoms with van der Waals surface area (Å²) >= 11 is 12.1. The lowest BCUT2D eigenvalue weighted by Gasteiger charge is -2.19. The van der Waals surface area contributed by atoms with Crippen molar-refractivity contribution in [2.75, 3.05) is 13.7 Å². The molecule has 1 N–H and O–H groups in total. The Morgan fingerprint density at radius 3 is 2.56 bits per heavy atom. The molecule has 2 aromatic carbocycles. The topological polar surface area (TPSA) is 97.7 Å². The first kappa shape index (κ1) is 25.1. The third kappa shape index (κ3) is 7.19. The minimum absolute atomic E-state index is 0.110. The van der Waals surface area contributed by atoms with Crippen molar-refractivity contribution in [1.82, 2.24) is 5.32 Å². The zero-order valence-electron chi connectivity index (χ0n) is 17.7. The van der Waals surface area contributed by atoms with Crippen LogP contribution in [0.1, 0.15) is 31.0 Å². The normalized spacial score (nSPS) is 12.5. The highest BCUT2D eigenvalue weighted by Crippen LogP contribution is 2.28. The zero-order valence-corrected chi connectivity index (χ0v) is 19.2. The number of esters is 1. The molecule has 1 amide bonds. The second kappa shape index (κ2) is 12.0. The molecule has 0 saturated carbocycles. The lowest BCUT2D eigenvalue weighted by atomic mass is 10.1. The van der Waals surface area contributed by atoms with Gasteiger partial charge >= 0.3 is 5.97 Å². The average Bonchev–Trinajstić information content (AvgIpc) is 2.76. The van der Waals surface area contributed by atoms with Crippen molar-refractivity contribution in [3.05, 3.63) is 63.6 Å². The molecule has 2 rings (SSSR count). The molecule has 32 heavy (non-hydrogen) atoms. The summed E-state index contributed by atoms with van der Waals surface area (Å²) in [5.74, 6) is -0.327. The zero-order chi connectivity index (χ0) is 23.7. The molecule has 168 valence electrons. The maximum absolute atomic E-state index is 12.4. The van der Waals surface area contributed by atoms with Gasteiger partial charge in [-0.05, 0) is 55.3 Å². The van der Waals surface area contributed by atoms with Crippen molar-refractivity contribution in [2.24, 2.45) is 0 Å². The van der Waals surface area contributed by atoms with Crippen molar-refractivity contribution in [3.8, 4) is 17.6 Å². The van der Waals surface area contributed by atoms with Gasteiger partial charge in [0.25, 0.3) is 5.91 Å². The van der Waals surface area contributed by atoms with Gasteiger partial charge in [0.05, 0.1) is 13.2 Å². The first-order chi connectivity index (χ1) is 15.2. The van der Waals surface area contributed by atoms with E-state index in [1.807, 2.05) is 6.07 Å². The molecule has 2 unspecified atom stereocenters. The molecule has 9 heteroatoms. The van der Waals surface area contributed by atoms with Crippen LogP contribution in [-0.4, -0.2) is 31.7 Å². The van der Waals surface area contributed by atoms with Crippen LogP contribution in [0, 0.1) is 11.3 Å². The van der Waals surface area contributed by atoms with Crippen LogP contribution >= 0.6 is 23.2 Å². The smallest absolute Gasteiger partial charge is 0.331 e. The Morgan fingerprint density at radius 2 is 1.91 bits per heavy atom. The molecular weight excluding hydrogens is 455 g/mol. The fraction of sp³-hybridized carbons (Fsp3) is 0.261. The number of ether oxygens (including phenoxy) is 3. The lowest BCUT2D eigenvalue weighted by Crippen LogP contribution is -2.37. The third-order valence-electron chi connectivity index (χ3n) is 4.34. The van der Waals surface area contributed by atoms with E-state index >= 15 is 0 Å². The number of hydrogen-bond acceptors (Lipinski definition) is 6. The summed E-state index contributed by atoms with van der Waals surface area (Å²) in [7, 11) is 1.47. The van der Waals surface area contributed by atoms with E-state index in [2.05, 4.69) is 5.32 Å². The van der Waals surface area contributed by atoms with Gasteiger partial charge in [-0.1, -0.05) is 35.3 Å². The molecule has 0 aliphatic heterocycles. The fourth-order valence-electron chi connectivity index (χ4n) is 2.71. The van der Waals surface area contributed by atoms with Gasteiger partial charge in [0.2, 0.25) is 0 Å². The van der Waals surface area contributed by atoms with Crippen LogP contribution in [0.3, 0.4) is 0 Å². The summed E-state index contributed by atoms with van der Waals surface area (Å²) in [6.07, 6.45) is 1.70. The number of hydrogen-bond donors (Lipinski definition) is 1. The Kier molecular flexibility index (Phi) is 9.39. The number of amides is 1. The molecule has 2 atom stereocenters. The van der Waals surface area contributed by atoms with Crippen LogP contribution in [-0.2, 0) is 14.3 Å². The van der Waals surface area contributed by atoms with E-state index in [1.54, 1.807) is 43.3 Å². The quantitative estimate of drug-likeness (QED) is 0.415. The number of rotatable bonds is 9. The lowest BCUT2D eigenvalue weighted by molar-refractivity contribution is -0.150. The number of carbonyl (C=O) groups is 2. The second-order valence-electron chi connectivity index (χ2n) is 6.67. The number of halogens is 2. The molecule has 0 radical (unpaired) electrons. The number of benzene rings is 2. The molecule has 0 aromatic heterocycles. The Bertz CT molecular complexity index is 1050. The maximum Gasteiger partial charge on any atom is 0.331 e. The van der Waals surface area contributed by atoms with Gasteiger partial charge in [-0.25, -0.2) is 4.79 Å². The molecule has 0 aliphatic rings. The van der Waals surface area contributed by atoms with Crippen LogP contribution in [0.2, 0.25) is 10.0 Å². The van der Waals surface area contributed by atoms with Gasteiger partial charge in [-0.15, -0.1) is 0 Å². The minimum atomic E-state index is -1.02. The van der Waals surface area contributed by atoms with Crippen LogP contribution < -0.4 is 14.8 Å². The van der Waals surface area contributed by atoms with Crippen molar-refractivity contribution in [3.63, 3.8) is 0 Å². The van der Waals surface area contributed by atoms with Gasteiger partial charge in [0.15, 0.2) is 24.2 Å². The van der Waals surface area contributed by atoms with Crippen LogP contribution in [0.4, 0.5) is 0 Å². The Morgan fingerprint density at radius 1 is 1.16 bits per heavy atom. The number of nitrogens with one attached hydrogen (secondary N) is 1. The predicted molar refractivity (Wildman–Crippen MR) is 122 cm³/mol. The van der Waals surface area contributed by atoms with Crippen LogP contribution in [0.15, 0.2) is 42.5 Å². The molecule has 2 aromatic rings. The molecule has 0 aliphatic carbocycles. The highest BCUT2D eigenvalue weighted by molar-refractivity contribution is 6.35. The Balaban J connectivity index is 1.94. The van der Waals surface area contributed by atoms with E-state index in [4.69, 9.17) is 42.7 Å². The molecule has 0 heterocycles. The largest absolute Gasteiger partial charge is 0.493 e. The van der Waals surface area contributed by atoms with Gasteiger partial charge in [-0.3, -0.25) is 4.79 Å². The Hall–Kier alpha value is -3.21. The monoisotopic (exact) mass is 476 g/mol. The fourth-order valence-corrected chi connectivity index (χ4v) is 3.28. The first-order valence-electron chi connectivity index (χ1n) is 9.57. The molecule has 0 fully saturated rings. The standard InChI is InChI=1S/C23H22Cl2N2O5/c1-14(18-7-6-17(24)13-19(18)25)27-23(29)15(2)32-22(28)9-5-16-4-8-20(31-11-10-26)21(12-16)30-3/h4-9,12-15H,11H2,1-3H3,(H,27,29)/b9-5+. The van der Waals surface area contributed by atoms with E-state index < -0.39 is 24.0 Å². The number of methoxy groups -OCH3 is 1. The summed E-state index contributed by atoms with van der Waals surface area (Å²) in [6, 6.07) is 11.4. The Labute approximate surface area is 196 Å². The van der Waals surface area contributed by atoms with Crippen LogP contribution in [0.25, 0.3) is 6.08 Å².